The number of thiophene rings is 1. The van der Waals surface area contributed by atoms with Crippen molar-refractivity contribution in [1.29, 1.82) is 0 Å². The fraction of sp³-hybridized carbons (Fsp3) is 0.333. The van der Waals surface area contributed by atoms with E-state index in [1.54, 1.807) is 11.3 Å². The Morgan fingerprint density at radius 2 is 1.90 bits per heavy atom. The number of aryl methyl sites for hydroxylation is 1. The molecule has 0 radical (unpaired) electrons. The third-order valence-electron chi connectivity index (χ3n) is 3.25. The first kappa shape index (κ1) is 15.1. The Bertz CT molecular complexity index is 565. The van der Waals surface area contributed by atoms with Gasteiger partial charge in [0.2, 0.25) is 0 Å². The summed E-state index contributed by atoms with van der Waals surface area (Å²) in [6, 6.07) is 5.62. The molecule has 2 atom stereocenters. The highest BCUT2D eigenvalue weighted by molar-refractivity contribution is 7.10. The van der Waals surface area contributed by atoms with Crippen LogP contribution in [0.5, 0.6) is 0 Å². The van der Waals surface area contributed by atoms with Crippen molar-refractivity contribution in [3.05, 3.63) is 57.3 Å². The van der Waals surface area contributed by atoms with Crippen molar-refractivity contribution in [2.75, 3.05) is 6.54 Å². The third kappa shape index (κ3) is 3.23. The Balaban J connectivity index is 2.02. The molecule has 1 heterocycles. The average Bonchev–Trinajstić information content (AvgIpc) is 2.82. The van der Waals surface area contributed by atoms with Gasteiger partial charge in [0, 0.05) is 17.5 Å². The molecule has 0 amide bonds. The van der Waals surface area contributed by atoms with E-state index in [4.69, 9.17) is 0 Å². The summed E-state index contributed by atoms with van der Waals surface area (Å²) < 4.78 is 27.1. The molecule has 5 heteroatoms. The van der Waals surface area contributed by atoms with Crippen LogP contribution in [0.25, 0.3) is 0 Å². The van der Waals surface area contributed by atoms with Gasteiger partial charge in [-0.15, -0.1) is 11.3 Å². The molecule has 1 aromatic heterocycles. The Hall–Kier alpha value is -1.30. The number of hydrogen-bond donors (Lipinski definition) is 2. The molecule has 2 aromatic rings. The first-order chi connectivity index (χ1) is 9.50. The minimum Gasteiger partial charge on any atom is -0.387 e. The zero-order chi connectivity index (χ0) is 14.7. The second-order valence-corrected chi connectivity index (χ2v) is 5.70. The molecule has 0 saturated carbocycles. The lowest BCUT2D eigenvalue weighted by atomic mass is 10.1. The van der Waals surface area contributed by atoms with Crippen LogP contribution in [0.3, 0.4) is 0 Å². The summed E-state index contributed by atoms with van der Waals surface area (Å²) in [5.41, 5.74) is 0.886. The van der Waals surface area contributed by atoms with Gasteiger partial charge in [-0.25, -0.2) is 8.78 Å². The van der Waals surface area contributed by atoms with Crippen LogP contribution >= 0.6 is 11.3 Å². The smallest absolute Gasteiger partial charge is 0.131 e. The fourth-order valence-electron chi connectivity index (χ4n) is 2.14. The van der Waals surface area contributed by atoms with Crippen LogP contribution in [0.1, 0.15) is 35.1 Å². The first-order valence-corrected chi connectivity index (χ1v) is 7.28. The van der Waals surface area contributed by atoms with Gasteiger partial charge in [-0.3, -0.25) is 0 Å². The van der Waals surface area contributed by atoms with Crippen LogP contribution in [0.4, 0.5) is 8.78 Å². The monoisotopic (exact) mass is 297 g/mol. The highest BCUT2D eigenvalue weighted by Crippen LogP contribution is 2.25. The van der Waals surface area contributed by atoms with Crippen molar-refractivity contribution in [1.82, 2.24) is 5.32 Å². The zero-order valence-electron chi connectivity index (χ0n) is 11.4. The van der Waals surface area contributed by atoms with E-state index in [2.05, 4.69) is 5.32 Å². The molecule has 0 saturated heterocycles. The third-order valence-corrected chi connectivity index (χ3v) is 4.45. The second kappa shape index (κ2) is 6.43. The lowest BCUT2D eigenvalue weighted by Crippen LogP contribution is -2.25. The van der Waals surface area contributed by atoms with Gasteiger partial charge in [0.1, 0.15) is 11.6 Å². The van der Waals surface area contributed by atoms with Crippen LogP contribution in [0.2, 0.25) is 0 Å². The van der Waals surface area contributed by atoms with E-state index < -0.39 is 17.7 Å². The van der Waals surface area contributed by atoms with E-state index in [9.17, 15) is 13.9 Å². The average molecular weight is 297 g/mol. The lowest BCUT2D eigenvalue weighted by Gasteiger charge is -2.18. The van der Waals surface area contributed by atoms with Gasteiger partial charge in [-0.05, 0) is 43.0 Å². The topological polar surface area (TPSA) is 32.3 Å². The Kier molecular flexibility index (Phi) is 4.86. The molecule has 2 rings (SSSR count). The molecule has 0 aliphatic heterocycles. The van der Waals surface area contributed by atoms with E-state index in [0.717, 1.165) is 17.0 Å². The van der Waals surface area contributed by atoms with Crippen molar-refractivity contribution in [3.63, 3.8) is 0 Å². The van der Waals surface area contributed by atoms with Crippen molar-refractivity contribution in [3.8, 4) is 0 Å². The van der Waals surface area contributed by atoms with Crippen LogP contribution in [0.15, 0.2) is 29.6 Å². The molecule has 0 spiro atoms. The molecular formula is C15H17F2NOS. The summed E-state index contributed by atoms with van der Waals surface area (Å²) >= 11 is 1.62. The number of rotatable bonds is 5. The van der Waals surface area contributed by atoms with Gasteiger partial charge in [0.25, 0.3) is 0 Å². The summed E-state index contributed by atoms with van der Waals surface area (Å²) in [6.45, 7) is 4.07. The quantitative estimate of drug-likeness (QED) is 0.881. The molecule has 20 heavy (non-hydrogen) atoms. The highest BCUT2D eigenvalue weighted by atomic mass is 32.1. The predicted octanol–water partition coefficient (Wildman–Crippen LogP) is 3.72. The van der Waals surface area contributed by atoms with Crippen LogP contribution in [0, 0.1) is 18.6 Å². The minimum atomic E-state index is -1.21. The maximum Gasteiger partial charge on any atom is 0.131 e. The first-order valence-electron chi connectivity index (χ1n) is 6.40. The summed E-state index contributed by atoms with van der Waals surface area (Å²) in [5, 5.41) is 15.1. The van der Waals surface area contributed by atoms with Gasteiger partial charge in [0.15, 0.2) is 0 Å². The van der Waals surface area contributed by atoms with Gasteiger partial charge < -0.3 is 10.4 Å². The van der Waals surface area contributed by atoms with E-state index in [1.807, 2.05) is 25.3 Å². The summed E-state index contributed by atoms with van der Waals surface area (Å²) in [6.07, 6.45) is -1.21. The van der Waals surface area contributed by atoms with Crippen LogP contribution < -0.4 is 5.32 Å². The summed E-state index contributed by atoms with van der Waals surface area (Å²) in [5.74, 6) is -1.45. The number of aliphatic hydroxyl groups is 1. The largest absolute Gasteiger partial charge is 0.387 e. The molecule has 2 unspecified atom stereocenters. The van der Waals surface area contributed by atoms with Crippen molar-refractivity contribution < 1.29 is 13.9 Å². The molecule has 0 bridgehead atoms. The van der Waals surface area contributed by atoms with Crippen LogP contribution in [-0.2, 0) is 0 Å². The van der Waals surface area contributed by atoms with Crippen LogP contribution in [-0.4, -0.2) is 11.7 Å². The van der Waals surface area contributed by atoms with Crippen molar-refractivity contribution in [2.45, 2.75) is 26.0 Å². The van der Waals surface area contributed by atoms with E-state index in [-0.39, 0.29) is 18.2 Å². The normalized spacial score (nSPS) is 14.2. The number of aliphatic hydroxyl groups excluding tert-OH is 1. The lowest BCUT2D eigenvalue weighted by molar-refractivity contribution is 0.161. The molecular weight excluding hydrogens is 280 g/mol. The maximum absolute atomic E-state index is 13.5. The van der Waals surface area contributed by atoms with E-state index in [1.165, 1.54) is 11.6 Å². The molecule has 1 aromatic carbocycles. The van der Waals surface area contributed by atoms with Gasteiger partial charge in [-0.1, -0.05) is 6.07 Å². The summed E-state index contributed by atoms with van der Waals surface area (Å²) in [7, 11) is 0. The molecule has 0 aliphatic rings. The zero-order valence-corrected chi connectivity index (χ0v) is 12.2. The van der Waals surface area contributed by atoms with Gasteiger partial charge >= 0.3 is 0 Å². The molecule has 108 valence electrons. The number of hydrogen-bond acceptors (Lipinski definition) is 3. The number of benzene rings is 1. The molecule has 2 N–H and O–H groups in total. The Morgan fingerprint density at radius 1 is 1.25 bits per heavy atom. The van der Waals surface area contributed by atoms with E-state index >= 15 is 0 Å². The Labute approximate surface area is 121 Å². The van der Waals surface area contributed by atoms with Gasteiger partial charge in [-0.2, -0.15) is 0 Å². The minimum absolute atomic E-state index is 0.0273. The van der Waals surface area contributed by atoms with E-state index in [0.29, 0.717) is 0 Å². The molecule has 0 aliphatic carbocycles. The standard InChI is InChI=1S/C15H17F2NOS/c1-9-6-7-20-15(9)10(2)18-8-13(19)14-11(16)4-3-5-12(14)17/h3-7,10,13,18-19H,8H2,1-2H3. The SMILES string of the molecule is Cc1ccsc1C(C)NCC(O)c1c(F)cccc1F. The molecule has 2 nitrogen and oxygen atoms in total. The fourth-order valence-corrected chi connectivity index (χ4v) is 3.10. The Morgan fingerprint density at radius 3 is 2.45 bits per heavy atom. The highest BCUT2D eigenvalue weighted by Gasteiger charge is 2.19. The van der Waals surface area contributed by atoms with Gasteiger partial charge in [0.05, 0.1) is 11.7 Å². The van der Waals surface area contributed by atoms with Crippen molar-refractivity contribution in [2.24, 2.45) is 0 Å². The second-order valence-electron chi connectivity index (χ2n) is 4.75. The number of nitrogens with one attached hydrogen (secondary N) is 1. The molecule has 0 fully saturated rings. The maximum atomic E-state index is 13.5. The van der Waals surface area contributed by atoms with Crippen molar-refractivity contribution >= 4 is 11.3 Å². The predicted molar refractivity (Wildman–Crippen MR) is 76.8 cm³/mol. The number of halogens is 2. The summed E-state index contributed by atoms with van der Waals surface area (Å²) in [4.78, 5) is 1.16.